The average molecular weight is 555 g/mol. The van der Waals surface area contributed by atoms with Crippen LogP contribution in [0.5, 0.6) is 11.6 Å². The van der Waals surface area contributed by atoms with E-state index in [1.807, 2.05) is 31.2 Å². The molecule has 0 saturated carbocycles. The van der Waals surface area contributed by atoms with Crippen LogP contribution in [0.25, 0.3) is 22.0 Å². The first kappa shape index (κ1) is 26.8. The highest BCUT2D eigenvalue weighted by Gasteiger charge is 2.24. The number of aromatic nitrogens is 3. The Morgan fingerprint density at radius 2 is 2.02 bits per heavy atom. The van der Waals surface area contributed by atoms with Crippen LogP contribution in [0.2, 0.25) is 0 Å². The van der Waals surface area contributed by atoms with Crippen molar-refractivity contribution in [2.75, 3.05) is 43.5 Å². The number of likely N-dealkylation sites (tertiary alicyclic amines) is 1. The van der Waals surface area contributed by atoms with E-state index in [1.165, 1.54) is 4.90 Å². The van der Waals surface area contributed by atoms with Crippen LogP contribution >= 0.6 is 0 Å². The second kappa shape index (κ2) is 12.0. The molecule has 41 heavy (non-hydrogen) atoms. The zero-order valence-corrected chi connectivity index (χ0v) is 23.0. The van der Waals surface area contributed by atoms with Gasteiger partial charge >= 0.3 is 6.09 Å². The summed E-state index contributed by atoms with van der Waals surface area (Å²) in [6.45, 7) is 5.48. The fourth-order valence-electron chi connectivity index (χ4n) is 5.52. The minimum absolute atomic E-state index is 0.0537. The van der Waals surface area contributed by atoms with E-state index in [0.29, 0.717) is 36.5 Å². The Labute approximate surface area is 238 Å². The molecule has 6 rings (SSSR count). The Balaban J connectivity index is 1.26. The molecule has 2 saturated heterocycles. The molecule has 2 aliphatic heterocycles. The summed E-state index contributed by atoms with van der Waals surface area (Å²) >= 11 is 0. The van der Waals surface area contributed by atoms with Crippen LogP contribution in [0.15, 0.2) is 60.9 Å². The van der Waals surface area contributed by atoms with Crippen molar-refractivity contribution in [3.8, 4) is 22.9 Å². The van der Waals surface area contributed by atoms with Crippen LogP contribution in [0.3, 0.4) is 0 Å². The van der Waals surface area contributed by atoms with E-state index in [1.54, 1.807) is 12.4 Å². The van der Waals surface area contributed by atoms with Crippen molar-refractivity contribution in [1.29, 1.82) is 0 Å². The molecular formula is C31H34N6O4. The molecule has 2 aromatic carbocycles. The largest absolute Gasteiger partial charge is 0.465 e. The Hall–Kier alpha value is -4.44. The highest BCUT2D eigenvalue weighted by Crippen LogP contribution is 2.38. The van der Waals surface area contributed by atoms with Gasteiger partial charge in [0.2, 0.25) is 11.8 Å². The molecule has 0 bridgehead atoms. The van der Waals surface area contributed by atoms with Crippen molar-refractivity contribution in [2.24, 2.45) is 5.92 Å². The summed E-state index contributed by atoms with van der Waals surface area (Å²) in [5, 5.41) is 18.4. The van der Waals surface area contributed by atoms with E-state index < -0.39 is 6.09 Å². The predicted molar refractivity (Wildman–Crippen MR) is 158 cm³/mol. The van der Waals surface area contributed by atoms with Gasteiger partial charge in [-0.15, -0.1) is 0 Å². The number of aryl methyl sites for hydroxylation is 1. The maximum absolute atomic E-state index is 11.4. The molecule has 2 atom stereocenters. The fraction of sp³-hybridized carbons (Fsp3) is 0.355. The van der Waals surface area contributed by atoms with Crippen molar-refractivity contribution in [2.45, 2.75) is 32.2 Å². The normalized spacial score (nSPS) is 18.8. The van der Waals surface area contributed by atoms with E-state index in [9.17, 15) is 9.90 Å². The molecule has 0 spiro atoms. The number of carbonyl (C=O) groups is 1. The van der Waals surface area contributed by atoms with Gasteiger partial charge in [0, 0.05) is 67.1 Å². The second-order valence-corrected chi connectivity index (χ2v) is 10.7. The third-order valence-electron chi connectivity index (χ3n) is 7.74. The summed E-state index contributed by atoms with van der Waals surface area (Å²) in [6.07, 6.45) is 5.22. The first-order valence-electron chi connectivity index (χ1n) is 14.1. The molecule has 0 radical (unpaired) electrons. The van der Waals surface area contributed by atoms with Gasteiger partial charge in [-0.1, -0.05) is 24.3 Å². The lowest BCUT2D eigenvalue weighted by atomic mass is 10.0. The molecule has 212 valence electrons. The van der Waals surface area contributed by atoms with E-state index in [2.05, 4.69) is 44.9 Å². The Bertz CT molecular complexity index is 1540. The standard InChI is InChI=1S/C31H34N6O4/c1-20-9-10-23-24(6-2-8-26(23)34-17-21-12-16-40-19-21)28(20)41-29-25(7-3-13-32-29)27-11-14-33-30(36-27)35-22-5-4-15-37(18-22)31(38)39/h2-3,6-11,13-14,21-22,34H,4-5,12,15-19H2,1H3,(H,38,39)(H,33,35,36)/t21-,22+/m1/s1. The summed E-state index contributed by atoms with van der Waals surface area (Å²) in [5.41, 5.74) is 3.47. The monoisotopic (exact) mass is 554 g/mol. The first-order valence-corrected chi connectivity index (χ1v) is 14.1. The van der Waals surface area contributed by atoms with E-state index in [0.717, 1.165) is 72.4 Å². The summed E-state index contributed by atoms with van der Waals surface area (Å²) < 4.78 is 12.1. The third-order valence-corrected chi connectivity index (χ3v) is 7.74. The summed E-state index contributed by atoms with van der Waals surface area (Å²) in [6, 6.07) is 16.0. The Morgan fingerprint density at radius 1 is 1.10 bits per heavy atom. The number of nitrogens with zero attached hydrogens (tertiary/aromatic N) is 4. The molecule has 0 aliphatic carbocycles. The zero-order valence-electron chi connectivity index (χ0n) is 23.0. The maximum atomic E-state index is 11.4. The van der Waals surface area contributed by atoms with Crippen molar-refractivity contribution in [1.82, 2.24) is 19.9 Å². The van der Waals surface area contributed by atoms with Gasteiger partial charge in [0.25, 0.3) is 0 Å². The van der Waals surface area contributed by atoms with Crippen LogP contribution in [0.1, 0.15) is 24.8 Å². The molecule has 2 aliphatic rings. The number of pyridine rings is 1. The van der Waals surface area contributed by atoms with Gasteiger partial charge in [0.15, 0.2) is 0 Å². The van der Waals surface area contributed by atoms with Crippen LogP contribution in [0, 0.1) is 12.8 Å². The lowest BCUT2D eigenvalue weighted by molar-refractivity contribution is 0.132. The first-order chi connectivity index (χ1) is 20.0. The molecule has 1 amide bonds. The highest BCUT2D eigenvalue weighted by atomic mass is 16.5. The molecule has 2 aromatic heterocycles. The van der Waals surface area contributed by atoms with Crippen molar-refractivity contribution in [3.63, 3.8) is 0 Å². The number of hydrogen-bond donors (Lipinski definition) is 3. The summed E-state index contributed by atoms with van der Waals surface area (Å²) in [7, 11) is 0. The summed E-state index contributed by atoms with van der Waals surface area (Å²) in [4.78, 5) is 26.6. The van der Waals surface area contributed by atoms with Crippen LogP contribution < -0.4 is 15.4 Å². The minimum atomic E-state index is -0.904. The second-order valence-electron chi connectivity index (χ2n) is 10.7. The molecule has 3 N–H and O–H groups in total. The highest BCUT2D eigenvalue weighted by molar-refractivity contribution is 5.98. The van der Waals surface area contributed by atoms with Gasteiger partial charge in [-0.05, 0) is 56.0 Å². The van der Waals surface area contributed by atoms with Gasteiger partial charge in [0.05, 0.1) is 17.9 Å². The van der Waals surface area contributed by atoms with Gasteiger partial charge < -0.3 is 30.1 Å². The third kappa shape index (κ3) is 6.02. The lowest BCUT2D eigenvalue weighted by Gasteiger charge is -2.31. The van der Waals surface area contributed by atoms with Crippen molar-refractivity contribution < 1.29 is 19.4 Å². The number of amides is 1. The van der Waals surface area contributed by atoms with Gasteiger partial charge in [-0.2, -0.15) is 0 Å². The van der Waals surface area contributed by atoms with Crippen LogP contribution in [-0.2, 0) is 4.74 Å². The molecule has 4 aromatic rings. The number of rotatable bonds is 8. The van der Waals surface area contributed by atoms with E-state index >= 15 is 0 Å². The Kier molecular flexibility index (Phi) is 7.82. The lowest BCUT2D eigenvalue weighted by Crippen LogP contribution is -2.44. The van der Waals surface area contributed by atoms with E-state index in [-0.39, 0.29) is 6.04 Å². The minimum Gasteiger partial charge on any atom is -0.465 e. The number of piperidine rings is 1. The molecule has 2 fully saturated rings. The van der Waals surface area contributed by atoms with Crippen LogP contribution in [-0.4, -0.2) is 69.9 Å². The average Bonchev–Trinajstić information content (AvgIpc) is 3.52. The van der Waals surface area contributed by atoms with Crippen molar-refractivity contribution >= 4 is 28.5 Å². The smallest absolute Gasteiger partial charge is 0.407 e. The topological polar surface area (TPSA) is 122 Å². The molecule has 10 heteroatoms. The fourth-order valence-corrected chi connectivity index (χ4v) is 5.52. The van der Waals surface area contributed by atoms with Crippen molar-refractivity contribution in [3.05, 3.63) is 66.5 Å². The Morgan fingerprint density at radius 3 is 2.88 bits per heavy atom. The number of nitrogens with one attached hydrogen (secondary N) is 2. The van der Waals surface area contributed by atoms with E-state index in [4.69, 9.17) is 14.5 Å². The number of ether oxygens (including phenoxy) is 2. The number of hydrogen-bond acceptors (Lipinski definition) is 8. The predicted octanol–water partition coefficient (Wildman–Crippen LogP) is 5.80. The molecule has 10 nitrogen and oxygen atoms in total. The number of carboxylic acid groups (broad SMARTS) is 1. The van der Waals surface area contributed by atoms with Gasteiger partial charge in [-0.25, -0.2) is 19.7 Å². The quantitative estimate of drug-likeness (QED) is 0.248. The molecule has 4 heterocycles. The summed E-state index contributed by atoms with van der Waals surface area (Å²) in [5.74, 6) is 2.16. The zero-order chi connectivity index (χ0) is 28.2. The van der Waals surface area contributed by atoms with Crippen LogP contribution in [0.4, 0.5) is 16.4 Å². The van der Waals surface area contributed by atoms with Gasteiger partial charge in [-0.3, -0.25) is 0 Å². The SMILES string of the molecule is Cc1ccc2c(NC[C@H]3CCOC3)cccc2c1Oc1ncccc1-c1ccnc(N[C@H]2CCCN(C(=O)O)C2)n1. The number of fused-ring (bicyclic) bond motifs is 1. The maximum Gasteiger partial charge on any atom is 0.407 e. The molecule has 0 unspecified atom stereocenters. The number of anilines is 2. The molecular weight excluding hydrogens is 520 g/mol. The van der Waals surface area contributed by atoms with Gasteiger partial charge in [0.1, 0.15) is 5.75 Å². The number of benzene rings is 2.